The van der Waals surface area contributed by atoms with Gasteiger partial charge in [-0.15, -0.1) is 0 Å². The molecule has 1 aliphatic heterocycles. The van der Waals surface area contributed by atoms with Crippen molar-refractivity contribution < 1.29 is 19.4 Å². The Balaban J connectivity index is 1.47. The third kappa shape index (κ3) is 4.02. The molecule has 1 aromatic carbocycles. The highest BCUT2D eigenvalue weighted by molar-refractivity contribution is 5.93. The van der Waals surface area contributed by atoms with Gasteiger partial charge in [-0.05, 0) is 30.7 Å². The molecule has 138 valence electrons. The maximum atomic E-state index is 11.9. The van der Waals surface area contributed by atoms with Crippen LogP contribution in [-0.2, 0) is 13.0 Å². The van der Waals surface area contributed by atoms with Gasteiger partial charge in [0.2, 0.25) is 0 Å². The minimum Gasteiger partial charge on any atom is -0.494 e. The topological polar surface area (TPSA) is 108 Å². The van der Waals surface area contributed by atoms with E-state index in [0.717, 1.165) is 37.2 Å². The lowest BCUT2D eigenvalue weighted by atomic mass is 10.0. The van der Waals surface area contributed by atoms with Gasteiger partial charge in [0.1, 0.15) is 5.75 Å². The van der Waals surface area contributed by atoms with Crippen LogP contribution in [-0.4, -0.2) is 58.8 Å². The summed E-state index contributed by atoms with van der Waals surface area (Å²) in [5.74, 6) is -0.457. The molecule has 2 aromatic rings. The fourth-order valence-corrected chi connectivity index (χ4v) is 3.02. The Morgan fingerprint density at radius 3 is 2.81 bits per heavy atom. The maximum Gasteiger partial charge on any atom is 0.335 e. The van der Waals surface area contributed by atoms with Crippen LogP contribution in [0, 0.1) is 0 Å². The monoisotopic (exact) mass is 358 g/mol. The van der Waals surface area contributed by atoms with Gasteiger partial charge in [-0.3, -0.25) is 14.8 Å². The van der Waals surface area contributed by atoms with Crippen molar-refractivity contribution in [1.29, 1.82) is 0 Å². The molecule has 0 radical (unpaired) electrons. The molecule has 0 saturated carbocycles. The van der Waals surface area contributed by atoms with E-state index in [1.54, 1.807) is 19.2 Å². The molecule has 0 unspecified atom stereocenters. The Morgan fingerprint density at radius 2 is 2.12 bits per heavy atom. The number of fused-ring (bicyclic) bond motifs is 1. The second kappa shape index (κ2) is 8.01. The van der Waals surface area contributed by atoms with E-state index in [4.69, 9.17) is 9.84 Å². The van der Waals surface area contributed by atoms with Crippen LogP contribution in [0.4, 0.5) is 0 Å². The second-order valence-electron chi connectivity index (χ2n) is 6.17. The van der Waals surface area contributed by atoms with Crippen molar-refractivity contribution in [2.45, 2.75) is 19.4 Å². The average Bonchev–Trinajstić information content (AvgIpc) is 3.08. The first kappa shape index (κ1) is 17.9. The van der Waals surface area contributed by atoms with Crippen LogP contribution in [0.25, 0.3) is 0 Å². The molecule has 3 rings (SSSR count). The molecule has 3 N–H and O–H groups in total. The summed E-state index contributed by atoms with van der Waals surface area (Å²) in [6, 6.07) is 6.39. The lowest BCUT2D eigenvalue weighted by molar-refractivity contribution is 0.0696. The Labute approximate surface area is 151 Å². The van der Waals surface area contributed by atoms with Crippen LogP contribution in [0.15, 0.2) is 24.3 Å². The molecule has 8 nitrogen and oxygen atoms in total. The molecule has 0 fully saturated rings. The summed E-state index contributed by atoms with van der Waals surface area (Å²) in [6.07, 6.45) is 1.68. The molecule has 26 heavy (non-hydrogen) atoms. The third-order valence-corrected chi connectivity index (χ3v) is 4.44. The number of hydrogen-bond donors (Lipinski definition) is 3. The number of nitrogens with one attached hydrogen (secondary N) is 2. The molecule has 1 amide bonds. The number of carboxylic acid groups (broad SMARTS) is 1. The summed E-state index contributed by atoms with van der Waals surface area (Å²) in [5, 5.41) is 18.6. The number of aromatic nitrogens is 2. The molecule has 0 saturated heterocycles. The van der Waals surface area contributed by atoms with Crippen molar-refractivity contribution in [1.82, 2.24) is 20.4 Å². The normalized spacial score (nSPS) is 13.9. The highest BCUT2D eigenvalue weighted by Gasteiger charge is 2.24. The predicted octanol–water partition coefficient (Wildman–Crippen LogP) is 1.29. The molecule has 0 aliphatic carbocycles. The van der Waals surface area contributed by atoms with Crippen LogP contribution >= 0.6 is 0 Å². The quantitative estimate of drug-likeness (QED) is 0.644. The predicted molar refractivity (Wildman–Crippen MR) is 94.5 cm³/mol. The zero-order valence-electron chi connectivity index (χ0n) is 14.6. The summed E-state index contributed by atoms with van der Waals surface area (Å²) in [6.45, 7) is 3.01. The van der Waals surface area contributed by atoms with E-state index >= 15 is 0 Å². The number of carbonyl (C=O) groups excluding carboxylic acids is 1. The minimum atomic E-state index is -0.948. The van der Waals surface area contributed by atoms with E-state index in [9.17, 15) is 9.59 Å². The zero-order chi connectivity index (χ0) is 18.5. The smallest absolute Gasteiger partial charge is 0.335 e. The van der Waals surface area contributed by atoms with E-state index in [1.165, 1.54) is 12.1 Å². The number of aromatic amines is 1. The van der Waals surface area contributed by atoms with Gasteiger partial charge in [0.15, 0.2) is 5.69 Å². The van der Waals surface area contributed by atoms with Crippen molar-refractivity contribution in [2.75, 3.05) is 26.7 Å². The number of ether oxygens (including phenoxy) is 1. The number of carbonyl (C=O) groups is 2. The van der Waals surface area contributed by atoms with Gasteiger partial charge in [0, 0.05) is 44.4 Å². The number of benzene rings is 1. The summed E-state index contributed by atoms with van der Waals surface area (Å²) in [5.41, 5.74) is 2.73. The van der Waals surface area contributed by atoms with Crippen molar-refractivity contribution in [3.63, 3.8) is 0 Å². The molecular formula is C18H22N4O4. The summed E-state index contributed by atoms with van der Waals surface area (Å²) < 4.78 is 5.66. The number of hydrogen-bond acceptors (Lipinski definition) is 5. The average molecular weight is 358 g/mol. The Hall–Kier alpha value is -2.87. The lowest BCUT2D eigenvalue weighted by Gasteiger charge is -2.26. The summed E-state index contributed by atoms with van der Waals surface area (Å²) >= 11 is 0. The molecular weight excluding hydrogens is 336 g/mol. The first-order chi connectivity index (χ1) is 12.6. The molecule has 0 atom stereocenters. The van der Waals surface area contributed by atoms with Crippen molar-refractivity contribution >= 4 is 11.9 Å². The van der Waals surface area contributed by atoms with Gasteiger partial charge < -0.3 is 15.2 Å². The van der Waals surface area contributed by atoms with Crippen LogP contribution < -0.4 is 10.1 Å². The fourth-order valence-electron chi connectivity index (χ4n) is 3.02. The number of amides is 1. The van der Waals surface area contributed by atoms with E-state index < -0.39 is 5.97 Å². The highest BCUT2D eigenvalue weighted by Crippen LogP contribution is 2.20. The third-order valence-electron chi connectivity index (χ3n) is 4.44. The van der Waals surface area contributed by atoms with Crippen molar-refractivity contribution in [2.24, 2.45) is 0 Å². The van der Waals surface area contributed by atoms with E-state index in [2.05, 4.69) is 20.4 Å². The lowest BCUT2D eigenvalue weighted by Crippen LogP contribution is -2.33. The molecule has 0 bridgehead atoms. The van der Waals surface area contributed by atoms with Crippen LogP contribution in [0.2, 0.25) is 0 Å². The largest absolute Gasteiger partial charge is 0.494 e. The first-order valence-electron chi connectivity index (χ1n) is 8.55. The number of nitrogens with zero attached hydrogens (tertiary/aromatic N) is 2. The van der Waals surface area contributed by atoms with Crippen molar-refractivity contribution in [3.05, 3.63) is 46.8 Å². The number of H-pyrrole nitrogens is 1. The Morgan fingerprint density at radius 1 is 1.35 bits per heavy atom. The number of carboxylic acids is 1. The van der Waals surface area contributed by atoms with Crippen LogP contribution in [0.5, 0.6) is 5.75 Å². The van der Waals surface area contributed by atoms with E-state index in [0.29, 0.717) is 24.6 Å². The second-order valence-corrected chi connectivity index (χ2v) is 6.17. The van der Waals surface area contributed by atoms with Gasteiger partial charge in [-0.2, -0.15) is 5.10 Å². The maximum absolute atomic E-state index is 11.9. The minimum absolute atomic E-state index is 0.169. The Kier molecular flexibility index (Phi) is 5.52. The highest BCUT2D eigenvalue weighted by atomic mass is 16.5. The number of aromatic carboxylic acids is 1. The summed E-state index contributed by atoms with van der Waals surface area (Å²) in [7, 11) is 1.60. The van der Waals surface area contributed by atoms with Gasteiger partial charge in [-0.25, -0.2) is 4.79 Å². The molecule has 8 heteroatoms. The molecule has 1 aromatic heterocycles. The van der Waals surface area contributed by atoms with Gasteiger partial charge >= 0.3 is 5.97 Å². The van der Waals surface area contributed by atoms with Gasteiger partial charge in [0.25, 0.3) is 5.91 Å². The van der Waals surface area contributed by atoms with Gasteiger partial charge in [0.05, 0.1) is 12.2 Å². The molecule has 1 aliphatic rings. The standard InChI is InChI=1S/C18H22N4O4/c1-19-17(23)16-14-11-22(9-7-15(14)20-21-16)8-2-10-26-13-5-3-12(4-6-13)18(24)25/h3-6H,2,7-11H2,1H3,(H,19,23)(H,20,21)(H,24,25). The van der Waals surface area contributed by atoms with E-state index in [-0.39, 0.29) is 11.5 Å². The van der Waals surface area contributed by atoms with E-state index in [1.807, 2.05) is 0 Å². The SMILES string of the molecule is CNC(=O)c1n[nH]c2c1CN(CCCOc1ccc(C(=O)O)cc1)CC2. The fraction of sp³-hybridized carbons (Fsp3) is 0.389. The molecule has 0 spiro atoms. The van der Waals surface area contributed by atoms with Crippen molar-refractivity contribution in [3.8, 4) is 5.75 Å². The zero-order valence-corrected chi connectivity index (χ0v) is 14.6. The van der Waals surface area contributed by atoms with Crippen LogP contribution in [0.1, 0.15) is 38.5 Å². The summed E-state index contributed by atoms with van der Waals surface area (Å²) in [4.78, 5) is 25.0. The van der Waals surface area contributed by atoms with Gasteiger partial charge in [-0.1, -0.05) is 0 Å². The number of rotatable bonds is 7. The Bertz CT molecular complexity index is 785. The van der Waals surface area contributed by atoms with Crippen LogP contribution in [0.3, 0.4) is 0 Å². The molecule has 2 heterocycles. The first-order valence-corrected chi connectivity index (χ1v) is 8.55.